The van der Waals surface area contributed by atoms with Crippen molar-refractivity contribution in [2.24, 2.45) is 5.92 Å². The summed E-state index contributed by atoms with van der Waals surface area (Å²) in [7, 11) is 2.07. The van der Waals surface area contributed by atoms with Gasteiger partial charge in [-0.05, 0) is 51.4 Å². The van der Waals surface area contributed by atoms with Gasteiger partial charge < -0.3 is 10.2 Å². The van der Waals surface area contributed by atoms with Gasteiger partial charge in [-0.3, -0.25) is 0 Å². The van der Waals surface area contributed by atoms with Crippen molar-refractivity contribution < 1.29 is 0 Å². The smallest absolute Gasteiger partial charge is 0.0446 e. The summed E-state index contributed by atoms with van der Waals surface area (Å²) < 4.78 is 0. The molecule has 1 aliphatic rings. The fourth-order valence-electron chi connectivity index (χ4n) is 2.75. The molecule has 0 amide bonds. The minimum absolute atomic E-state index is 0.457. The van der Waals surface area contributed by atoms with Crippen molar-refractivity contribution >= 4 is 0 Å². The van der Waals surface area contributed by atoms with E-state index in [4.69, 9.17) is 0 Å². The van der Waals surface area contributed by atoms with E-state index in [1.807, 2.05) is 0 Å². The van der Waals surface area contributed by atoms with Gasteiger partial charge in [-0.2, -0.15) is 0 Å². The highest BCUT2D eigenvalue weighted by Crippen LogP contribution is 2.20. The molecular formula is C16H26N2. The maximum absolute atomic E-state index is 3.46. The number of likely N-dealkylation sites (tertiary alicyclic amines) is 1. The zero-order valence-corrected chi connectivity index (χ0v) is 11.9. The summed E-state index contributed by atoms with van der Waals surface area (Å²) in [6.45, 7) is 8.18. The highest BCUT2D eigenvalue weighted by molar-refractivity contribution is 5.25. The zero-order chi connectivity index (χ0) is 13.0. The fourth-order valence-corrected chi connectivity index (χ4v) is 2.75. The van der Waals surface area contributed by atoms with E-state index >= 15 is 0 Å². The lowest BCUT2D eigenvalue weighted by Gasteiger charge is -2.33. The number of nitrogens with one attached hydrogen (secondary N) is 1. The van der Waals surface area contributed by atoms with Crippen LogP contribution >= 0.6 is 0 Å². The van der Waals surface area contributed by atoms with Crippen LogP contribution in [0.15, 0.2) is 24.3 Å². The topological polar surface area (TPSA) is 15.3 Å². The van der Waals surface area contributed by atoms with Gasteiger partial charge in [0.2, 0.25) is 0 Å². The number of likely N-dealkylation sites (N-methyl/N-ethyl adjacent to an activating group) is 1. The third-order valence-electron chi connectivity index (χ3n) is 4.11. The van der Waals surface area contributed by atoms with E-state index in [2.05, 4.69) is 55.4 Å². The first-order chi connectivity index (χ1) is 8.69. The third kappa shape index (κ3) is 3.56. The predicted octanol–water partition coefficient (Wildman–Crippen LogP) is 2.99. The quantitative estimate of drug-likeness (QED) is 0.878. The fraction of sp³-hybridized carbons (Fsp3) is 0.625. The first kappa shape index (κ1) is 13.6. The summed E-state index contributed by atoms with van der Waals surface area (Å²) in [6, 6.07) is 9.32. The lowest BCUT2D eigenvalue weighted by molar-refractivity contribution is 0.177. The van der Waals surface area contributed by atoms with Gasteiger partial charge in [0.15, 0.2) is 0 Å². The molecule has 1 aromatic rings. The minimum atomic E-state index is 0.457. The lowest BCUT2D eigenvalue weighted by Crippen LogP contribution is -2.38. The van der Waals surface area contributed by atoms with Crippen LogP contribution in [0.1, 0.15) is 36.9 Å². The van der Waals surface area contributed by atoms with Crippen LogP contribution in [0.25, 0.3) is 0 Å². The Bertz CT molecular complexity index is 367. The number of piperidine rings is 1. The van der Waals surface area contributed by atoms with Crippen molar-refractivity contribution in [3.8, 4) is 0 Å². The Morgan fingerprint density at radius 2 is 2.06 bits per heavy atom. The lowest BCUT2D eigenvalue weighted by atomic mass is 9.97. The van der Waals surface area contributed by atoms with Gasteiger partial charge >= 0.3 is 0 Å². The van der Waals surface area contributed by atoms with E-state index in [0.717, 1.165) is 12.5 Å². The van der Waals surface area contributed by atoms with E-state index in [9.17, 15) is 0 Å². The molecule has 100 valence electrons. The Hall–Kier alpha value is -0.860. The van der Waals surface area contributed by atoms with E-state index in [0.29, 0.717) is 6.04 Å². The molecule has 1 atom stereocenters. The largest absolute Gasteiger partial charge is 0.312 e. The highest BCUT2D eigenvalue weighted by Gasteiger charge is 2.19. The Morgan fingerprint density at radius 1 is 1.33 bits per heavy atom. The van der Waals surface area contributed by atoms with Gasteiger partial charge in [-0.15, -0.1) is 0 Å². The monoisotopic (exact) mass is 246 g/mol. The number of rotatable bonds is 4. The van der Waals surface area contributed by atoms with E-state index in [1.165, 1.54) is 37.1 Å². The average Bonchev–Trinajstić information content (AvgIpc) is 2.38. The molecule has 18 heavy (non-hydrogen) atoms. The molecule has 1 aromatic carbocycles. The summed E-state index contributed by atoms with van der Waals surface area (Å²) in [4.78, 5) is 2.60. The van der Waals surface area contributed by atoms with Crippen LogP contribution in [0, 0.1) is 12.8 Å². The van der Waals surface area contributed by atoms with Crippen LogP contribution in [0.2, 0.25) is 0 Å². The van der Waals surface area contributed by atoms with E-state index < -0.39 is 0 Å². The molecule has 1 unspecified atom stereocenters. The van der Waals surface area contributed by atoms with E-state index in [-0.39, 0.29) is 0 Å². The zero-order valence-electron chi connectivity index (χ0n) is 11.9. The molecule has 1 fully saturated rings. The van der Waals surface area contributed by atoms with Gasteiger partial charge in [-0.25, -0.2) is 0 Å². The second-order valence-corrected chi connectivity index (χ2v) is 5.74. The van der Waals surface area contributed by atoms with Gasteiger partial charge in [0.25, 0.3) is 0 Å². The maximum atomic E-state index is 3.46. The summed E-state index contributed by atoms with van der Waals surface area (Å²) in [5.41, 5.74) is 2.76. The normalized spacial score (nSPS) is 19.9. The Labute approximate surface area is 111 Å². The first-order valence-corrected chi connectivity index (χ1v) is 7.15. The number of benzene rings is 1. The minimum Gasteiger partial charge on any atom is -0.312 e. The Kier molecular flexibility index (Phi) is 4.79. The molecule has 1 saturated heterocycles. The van der Waals surface area contributed by atoms with Gasteiger partial charge in [0.1, 0.15) is 0 Å². The molecule has 2 nitrogen and oxygen atoms in total. The standard InChI is InChI=1S/C16H26N2/c1-13-7-9-18(10-8-13)12-16(17-3)15-6-4-5-14(2)11-15/h4-6,11,13,16-17H,7-10,12H2,1-3H3. The van der Waals surface area contributed by atoms with Gasteiger partial charge in [-0.1, -0.05) is 36.8 Å². The molecule has 1 N–H and O–H groups in total. The van der Waals surface area contributed by atoms with Crippen LogP contribution in [0.3, 0.4) is 0 Å². The maximum Gasteiger partial charge on any atom is 0.0446 e. The Balaban J connectivity index is 1.97. The number of hydrogen-bond donors (Lipinski definition) is 1. The molecule has 1 aliphatic heterocycles. The molecular weight excluding hydrogens is 220 g/mol. The summed E-state index contributed by atoms with van der Waals surface area (Å²) in [6.07, 6.45) is 2.70. The SMILES string of the molecule is CNC(CN1CCC(C)CC1)c1cccc(C)c1. The molecule has 0 spiro atoms. The van der Waals surface area contributed by atoms with Crippen molar-refractivity contribution in [2.75, 3.05) is 26.7 Å². The van der Waals surface area contributed by atoms with Crippen molar-refractivity contribution in [3.63, 3.8) is 0 Å². The molecule has 0 aliphatic carbocycles. The second kappa shape index (κ2) is 6.35. The third-order valence-corrected chi connectivity index (χ3v) is 4.11. The van der Waals surface area contributed by atoms with E-state index in [1.54, 1.807) is 0 Å². The number of nitrogens with zero attached hydrogens (tertiary/aromatic N) is 1. The van der Waals surface area contributed by atoms with Gasteiger partial charge in [0, 0.05) is 12.6 Å². The number of hydrogen-bond acceptors (Lipinski definition) is 2. The van der Waals surface area contributed by atoms with Crippen molar-refractivity contribution in [3.05, 3.63) is 35.4 Å². The van der Waals surface area contributed by atoms with Crippen LogP contribution in [0.5, 0.6) is 0 Å². The molecule has 2 heteroatoms. The molecule has 0 bridgehead atoms. The number of aryl methyl sites for hydroxylation is 1. The average molecular weight is 246 g/mol. The molecule has 0 aromatic heterocycles. The van der Waals surface area contributed by atoms with Crippen molar-refractivity contribution in [1.29, 1.82) is 0 Å². The molecule has 1 heterocycles. The summed E-state index contributed by atoms with van der Waals surface area (Å²) in [5, 5.41) is 3.46. The first-order valence-electron chi connectivity index (χ1n) is 7.15. The highest BCUT2D eigenvalue weighted by atomic mass is 15.1. The summed E-state index contributed by atoms with van der Waals surface area (Å²) in [5.74, 6) is 0.910. The molecule has 0 radical (unpaired) electrons. The van der Waals surface area contributed by atoms with Crippen LogP contribution in [-0.4, -0.2) is 31.6 Å². The molecule has 0 saturated carbocycles. The molecule has 2 rings (SSSR count). The van der Waals surface area contributed by atoms with Crippen LogP contribution in [0.4, 0.5) is 0 Å². The van der Waals surface area contributed by atoms with Crippen molar-refractivity contribution in [1.82, 2.24) is 10.2 Å². The summed E-state index contributed by atoms with van der Waals surface area (Å²) >= 11 is 0. The van der Waals surface area contributed by atoms with Gasteiger partial charge in [0.05, 0.1) is 0 Å². The van der Waals surface area contributed by atoms with Crippen molar-refractivity contribution in [2.45, 2.75) is 32.7 Å². The second-order valence-electron chi connectivity index (χ2n) is 5.74. The Morgan fingerprint density at radius 3 is 2.67 bits per heavy atom. The van der Waals surface area contributed by atoms with Crippen LogP contribution < -0.4 is 5.32 Å². The van der Waals surface area contributed by atoms with Crippen LogP contribution in [-0.2, 0) is 0 Å². The predicted molar refractivity (Wildman–Crippen MR) is 77.8 cm³/mol.